The minimum absolute atomic E-state index is 0.0237. The molecule has 0 saturated carbocycles. The number of nitriles is 1. The first-order valence-corrected chi connectivity index (χ1v) is 7.47. The Morgan fingerprint density at radius 2 is 1.95 bits per heavy atom. The third-order valence-corrected chi connectivity index (χ3v) is 4.30. The molecule has 0 atom stereocenters. The normalized spacial score (nSPS) is 11.0. The number of pyridine rings is 1. The van der Waals surface area contributed by atoms with E-state index < -0.39 is 10.0 Å². The maximum Gasteiger partial charge on any atom is 0.240 e. The summed E-state index contributed by atoms with van der Waals surface area (Å²) in [4.78, 5) is 3.88. The van der Waals surface area contributed by atoms with E-state index in [1.165, 1.54) is 18.2 Å². The Hall–Kier alpha value is -1.94. The van der Waals surface area contributed by atoms with Crippen LogP contribution in [0.2, 0.25) is 5.02 Å². The molecule has 20 heavy (non-hydrogen) atoms. The Kier molecular flexibility index (Phi) is 4.35. The molecule has 102 valence electrons. The molecule has 0 spiro atoms. The summed E-state index contributed by atoms with van der Waals surface area (Å²) in [7, 11) is -3.67. The second kappa shape index (κ2) is 6.01. The molecule has 0 saturated heterocycles. The number of nitrogens with zero attached hydrogens (tertiary/aromatic N) is 2. The van der Waals surface area contributed by atoms with E-state index in [9.17, 15) is 8.42 Å². The molecular formula is C13H10ClN3O2S. The predicted octanol–water partition coefficient (Wildman–Crippen LogP) is 2.09. The van der Waals surface area contributed by atoms with Crippen LogP contribution in [-0.2, 0) is 16.6 Å². The number of aromatic nitrogens is 1. The molecule has 1 aromatic carbocycles. The zero-order valence-corrected chi connectivity index (χ0v) is 11.8. The Bertz CT molecular complexity index is 755. The average molecular weight is 308 g/mol. The summed E-state index contributed by atoms with van der Waals surface area (Å²) in [5.41, 5.74) is 1.03. The third kappa shape index (κ3) is 3.33. The Morgan fingerprint density at radius 1 is 1.25 bits per heavy atom. The van der Waals surface area contributed by atoms with Crippen molar-refractivity contribution in [1.29, 1.82) is 5.26 Å². The molecule has 2 rings (SSSR count). The molecule has 2 aromatic rings. The van der Waals surface area contributed by atoms with Crippen LogP contribution in [0.1, 0.15) is 11.1 Å². The maximum atomic E-state index is 12.1. The fourth-order valence-corrected chi connectivity index (χ4v) is 2.85. The van der Waals surface area contributed by atoms with Gasteiger partial charge in [0, 0.05) is 18.9 Å². The van der Waals surface area contributed by atoms with E-state index in [2.05, 4.69) is 9.71 Å². The summed E-state index contributed by atoms with van der Waals surface area (Å²) >= 11 is 5.83. The average Bonchev–Trinajstić information content (AvgIpc) is 2.46. The fraction of sp³-hybridized carbons (Fsp3) is 0.0769. The lowest BCUT2D eigenvalue weighted by Gasteiger charge is -2.07. The molecule has 0 aliphatic rings. The van der Waals surface area contributed by atoms with Crippen LogP contribution in [0.4, 0.5) is 0 Å². The van der Waals surface area contributed by atoms with Crippen molar-refractivity contribution in [2.75, 3.05) is 0 Å². The molecule has 0 aliphatic heterocycles. The highest BCUT2D eigenvalue weighted by molar-refractivity contribution is 7.89. The van der Waals surface area contributed by atoms with Gasteiger partial charge in [-0.2, -0.15) is 5.26 Å². The SMILES string of the molecule is N#Cc1ccc(S(=O)(=O)NCc2ccncc2)cc1Cl. The van der Waals surface area contributed by atoms with Crippen LogP contribution in [0.5, 0.6) is 0 Å². The number of nitrogens with one attached hydrogen (secondary N) is 1. The predicted molar refractivity (Wildman–Crippen MR) is 74.4 cm³/mol. The van der Waals surface area contributed by atoms with Crippen LogP contribution in [0, 0.1) is 11.3 Å². The number of benzene rings is 1. The second-order valence-electron chi connectivity index (χ2n) is 3.93. The molecule has 0 bridgehead atoms. The van der Waals surface area contributed by atoms with E-state index in [1.54, 1.807) is 24.5 Å². The van der Waals surface area contributed by atoms with E-state index in [-0.39, 0.29) is 22.0 Å². The fourth-order valence-electron chi connectivity index (χ4n) is 1.52. The Balaban J connectivity index is 2.19. The molecule has 1 N–H and O–H groups in total. The van der Waals surface area contributed by atoms with Crippen LogP contribution in [0.25, 0.3) is 0 Å². The molecular weight excluding hydrogens is 298 g/mol. The van der Waals surface area contributed by atoms with E-state index in [1.807, 2.05) is 6.07 Å². The molecule has 1 heterocycles. The zero-order valence-electron chi connectivity index (χ0n) is 10.2. The monoisotopic (exact) mass is 307 g/mol. The second-order valence-corrected chi connectivity index (χ2v) is 6.11. The van der Waals surface area contributed by atoms with Crippen molar-refractivity contribution in [3.8, 4) is 6.07 Å². The molecule has 0 radical (unpaired) electrons. The highest BCUT2D eigenvalue weighted by Crippen LogP contribution is 2.20. The molecule has 7 heteroatoms. The van der Waals surface area contributed by atoms with Crippen LogP contribution in [-0.4, -0.2) is 13.4 Å². The van der Waals surface area contributed by atoms with Gasteiger partial charge < -0.3 is 0 Å². The number of halogens is 1. The van der Waals surface area contributed by atoms with E-state index in [0.29, 0.717) is 0 Å². The summed E-state index contributed by atoms with van der Waals surface area (Å²) in [6.45, 7) is 0.155. The zero-order chi connectivity index (χ0) is 14.6. The Morgan fingerprint density at radius 3 is 2.55 bits per heavy atom. The first kappa shape index (κ1) is 14.5. The molecule has 1 aromatic heterocycles. The Labute approximate surface area is 121 Å². The summed E-state index contributed by atoms with van der Waals surface area (Å²) in [6, 6.07) is 9.29. The lowest BCUT2D eigenvalue weighted by molar-refractivity contribution is 0.581. The van der Waals surface area contributed by atoms with Crippen molar-refractivity contribution in [2.24, 2.45) is 0 Å². The van der Waals surface area contributed by atoms with Crippen LogP contribution in [0.15, 0.2) is 47.6 Å². The molecule has 0 fully saturated rings. The van der Waals surface area contributed by atoms with Crippen molar-refractivity contribution in [3.63, 3.8) is 0 Å². The van der Waals surface area contributed by atoms with E-state index in [4.69, 9.17) is 16.9 Å². The number of hydrogen-bond acceptors (Lipinski definition) is 4. The van der Waals surface area contributed by atoms with Gasteiger partial charge in [0.2, 0.25) is 10.0 Å². The number of rotatable bonds is 4. The molecule has 0 amide bonds. The van der Waals surface area contributed by atoms with Crippen LogP contribution in [0.3, 0.4) is 0 Å². The van der Waals surface area contributed by atoms with Crippen molar-refractivity contribution in [1.82, 2.24) is 9.71 Å². The molecule has 0 aliphatic carbocycles. The molecule has 0 unspecified atom stereocenters. The lowest BCUT2D eigenvalue weighted by atomic mass is 10.2. The van der Waals surface area contributed by atoms with Gasteiger partial charge in [-0.3, -0.25) is 4.98 Å². The van der Waals surface area contributed by atoms with Gasteiger partial charge in [-0.25, -0.2) is 13.1 Å². The summed E-state index contributed by atoms with van der Waals surface area (Å²) < 4.78 is 26.6. The van der Waals surface area contributed by atoms with Gasteiger partial charge >= 0.3 is 0 Å². The number of sulfonamides is 1. The quantitative estimate of drug-likeness (QED) is 0.937. The first-order valence-electron chi connectivity index (χ1n) is 5.61. The van der Waals surface area contributed by atoms with Gasteiger partial charge in [0.05, 0.1) is 15.5 Å². The minimum Gasteiger partial charge on any atom is -0.265 e. The highest BCUT2D eigenvalue weighted by Gasteiger charge is 2.15. The van der Waals surface area contributed by atoms with Crippen LogP contribution >= 0.6 is 11.6 Å². The standard InChI is InChI=1S/C13H10ClN3O2S/c14-13-7-12(2-1-11(13)8-15)20(18,19)17-9-10-3-5-16-6-4-10/h1-7,17H,9H2. The highest BCUT2D eigenvalue weighted by atomic mass is 35.5. The first-order chi connectivity index (χ1) is 9.53. The van der Waals surface area contributed by atoms with Gasteiger partial charge in [0.1, 0.15) is 6.07 Å². The van der Waals surface area contributed by atoms with Crippen LogP contribution < -0.4 is 4.72 Å². The largest absolute Gasteiger partial charge is 0.265 e. The van der Waals surface area contributed by atoms with Gasteiger partial charge in [-0.1, -0.05) is 11.6 Å². The van der Waals surface area contributed by atoms with Crippen molar-refractivity contribution < 1.29 is 8.42 Å². The number of hydrogen-bond donors (Lipinski definition) is 1. The third-order valence-electron chi connectivity index (χ3n) is 2.59. The van der Waals surface area contributed by atoms with Gasteiger partial charge in [-0.05, 0) is 35.9 Å². The minimum atomic E-state index is -3.67. The van der Waals surface area contributed by atoms with Crippen molar-refractivity contribution >= 4 is 21.6 Å². The molecule has 5 nitrogen and oxygen atoms in total. The lowest BCUT2D eigenvalue weighted by Crippen LogP contribution is -2.23. The topological polar surface area (TPSA) is 82.8 Å². The van der Waals surface area contributed by atoms with Gasteiger partial charge in [0.15, 0.2) is 0 Å². The summed E-state index contributed by atoms with van der Waals surface area (Å²) in [6.07, 6.45) is 3.17. The maximum absolute atomic E-state index is 12.1. The summed E-state index contributed by atoms with van der Waals surface area (Å²) in [5, 5.41) is 8.87. The van der Waals surface area contributed by atoms with Gasteiger partial charge in [-0.15, -0.1) is 0 Å². The van der Waals surface area contributed by atoms with Gasteiger partial charge in [0.25, 0.3) is 0 Å². The van der Waals surface area contributed by atoms with E-state index >= 15 is 0 Å². The van der Waals surface area contributed by atoms with Crippen molar-refractivity contribution in [2.45, 2.75) is 11.4 Å². The van der Waals surface area contributed by atoms with Crippen molar-refractivity contribution in [3.05, 3.63) is 58.9 Å². The van der Waals surface area contributed by atoms with E-state index in [0.717, 1.165) is 5.56 Å². The smallest absolute Gasteiger partial charge is 0.240 e. The summed E-state index contributed by atoms with van der Waals surface area (Å²) in [5.74, 6) is 0.